The van der Waals surface area contributed by atoms with Gasteiger partial charge in [0.1, 0.15) is 18.2 Å². The molecule has 148 valence electrons. The van der Waals surface area contributed by atoms with Gasteiger partial charge < -0.3 is 9.84 Å². The zero-order valence-corrected chi connectivity index (χ0v) is 15.5. The van der Waals surface area contributed by atoms with Crippen LogP contribution in [0, 0.1) is 17.6 Å². The molecule has 0 bridgehead atoms. The Kier molecular flexibility index (Phi) is 6.76. The lowest BCUT2D eigenvalue weighted by molar-refractivity contribution is -0.143. The average molecular weight is 387 g/mol. The zero-order chi connectivity index (χ0) is 19.9. The maximum atomic E-state index is 13.3. The monoisotopic (exact) mass is 387 g/mol. The molecule has 6 heteroatoms. The lowest BCUT2D eigenvalue weighted by Gasteiger charge is -2.30. The van der Waals surface area contributed by atoms with Gasteiger partial charge in [-0.2, -0.15) is 0 Å². The Morgan fingerprint density at radius 2 is 1.64 bits per heavy atom. The van der Waals surface area contributed by atoms with Gasteiger partial charge >= 0.3 is 5.97 Å². The molecule has 0 unspecified atom stereocenters. The minimum absolute atomic E-state index is 0.321. The third kappa shape index (κ3) is 5.39. The SMILES string of the molecule is O=C(O)[C@@H]1CCCN(CCOC=C(c2ccc(F)cc2)c2ccc(F)cc2)C1. The van der Waals surface area contributed by atoms with Crippen LogP contribution in [0.1, 0.15) is 24.0 Å². The normalized spacial score (nSPS) is 17.1. The summed E-state index contributed by atoms with van der Waals surface area (Å²) < 4.78 is 32.2. The third-order valence-corrected chi connectivity index (χ3v) is 4.89. The molecule has 0 aliphatic carbocycles. The number of carboxylic acid groups (broad SMARTS) is 1. The van der Waals surface area contributed by atoms with E-state index in [0.717, 1.165) is 29.7 Å². The molecule has 1 aliphatic rings. The van der Waals surface area contributed by atoms with Crippen molar-refractivity contribution in [1.82, 2.24) is 4.90 Å². The van der Waals surface area contributed by atoms with Crippen LogP contribution in [0.15, 0.2) is 54.8 Å². The quantitative estimate of drug-likeness (QED) is 0.572. The number of halogens is 2. The molecule has 0 amide bonds. The fraction of sp³-hybridized carbons (Fsp3) is 0.318. The van der Waals surface area contributed by atoms with Crippen LogP contribution in [-0.4, -0.2) is 42.2 Å². The summed E-state index contributed by atoms with van der Waals surface area (Å²) in [6.45, 7) is 2.42. The van der Waals surface area contributed by atoms with E-state index in [0.29, 0.717) is 26.1 Å². The molecule has 1 atom stereocenters. The lowest BCUT2D eigenvalue weighted by Crippen LogP contribution is -2.40. The maximum absolute atomic E-state index is 13.3. The number of aliphatic carboxylic acids is 1. The van der Waals surface area contributed by atoms with Crippen molar-refractivity contribution in [3.8, 4) is 0 Å². The summed E-state index contributed by atoms with van der Waals surface area (Å²) in [6, 6.07) is 12.1. The lowest BCUT2D eigenvalue weighted by atomic mass is 9.98. The standard InChI is InChI=1S/C22H23F2NO3/c23-19-7-3-16(4-8-19)21(17-5-9-20(24)10-6-17)15-28-13-12-25-11-1-2-18(14-25)22(26)27/h3-10,15,18H,1-2,11-14H2,(H,26,27)/t18-/m1/s1. The number of carbonyl (C=O) groups is 1. The molecule has 0 spiro atoms. The van der Waals surface area contributed by atoms with Crippen LogP contribution < -0.4 is 0 Å². The second kappa shape index (κ2) is 9.46. The molecule has 1 heterocycles. The molecule has 1 fully saturated rings. The van der Waals surface area contributed by atoms with Crippen molar-refractivity contribution >= 4 is 11.5 Å². The summed E-state index contributed by atoms with van der Waals surface area (Å²) in [7, 11) is 0. The molecule has 2 aromatic rings. The van der Waals surface area contributed by atoms with Gasteiger partial charge in [-0.3, -0.25) is 9.69 Å². The number of rotatable bonds is 7. The Hall–Kier alpha value is -2.73. The number of hydrogen-bond acceptors (Lipinski definition) is 3. The van der Waals surface area contributed by atoms with Gasteiger partial charge in [-0.25, -0.2) is 8.78 Å². The van der Waals surface area contributed by atoms with E-state index in [-0.39, 0.29) is 17.6 Å². The Morgan fingerprint density at radius 1 is 1.07 bits per heavy atom. The van der Waals surface area contributed by atoms with E-state index in [1.165, 1.54) is 24.3 Å². The number of likely N-dealkylation sites (tertiary alicyclic amines) is 1. The number of ether oxygens (including phenoxy) is 1. The van der Waals surface area contributed by atoms with Gasteiger partial charge in [-0.05, 0) is 54.8 Å². The Bertz CT molecular complexity index is 771. The first-order chi connectivity index (χ1) is 13.5. The van der Waals surface area contributed by atoms with Crippen LogP contribution in [0.5, 0.6) is 0 Å². The molecule has 4 nitrogen and oxygen atoms in total. The number of piperidine rings is 1. The second-order valence-corrected chi connectivity index (χ2v) is 6.89. The minimum atomic E-state index is -0.750. The highest BCUT2D eigenvalue weighted by atomic mass is 19.1. The highest BCUT2D eigenvalue weighted by Gasteiger charge is 2.24. The van der Waals surface area contributed by atoms with E-state index in [1.54, 1.807) is 30.5 Å². The van der Waals surface area contributed by atoms with Crippen LogP contribution in [-0.2, 0) is 9.53 Å². The average Bonchev–Trinajstić information content (AvgIpc) is 2.70. The molecule has 28 heavy (non-hydrogen) atoms. The van der Waals surface area contributed by atoms with Crippen LogP contribution in [0.3, 0.4) is 0 Å². The van der Waals surface area contributed by atoms with Gasteiger partial charge in [-0.15, -0.1) is 0 Å². The molecule has 3 rings (SSSR count). The maximum Gasteiger partial charge on any atom is 0.307 e. The molecule has 1 aliphatic heterocycles. The number of benzene rings is 2. The van der Waals surface area contributed by atoms with E-state index in [4.69, 9.17) is 4.74 Å². The fourth-order valence-electron chi connectivity index (χ4n) is 3.35. The van der Waals surface area contributed by atoms with Gasteiger partial charge in [0.05, 0.1) is 12.2 Å². The summed E-state index contributed by atoms with van der Waals surface area (Å²) in [5, 5.41) is 9.17. The van der Waals surface area contributed by atoms with Gasteiger partial charge in [0.2, 0.25) is 0 Å². The molecule has 1 N–H and O–H groups in total. The van der Waals surface area contributed by atoms with E-state index in [9.17, 15) is 18.7 Å². The topological polar surface area (TPSA) is 49.8 Å². The summed E-state index contributed by atoms with van der Waals surface area (Å²) in [6.07, 6.45) is 3.17. The molecule has 2 aromatic carbocycles. The smallest absolute Gasteiger partial charge is 0.307 e. The highest BCUT2D eigenvalue weighted by Crippen LogP contribution is 2.24. The second-order valence-electron chi connectivity index (χ2n) is 6.89. The van der Waals surface area contributed by atoms with Crippen molar-refractivity contribution in [3.05, 3.63) is 77.6 Å². The van der Waals surface area contributed by atoms with Gasteiger partial charge in [0.25, 0.3) is 0 Å². The van der Waals surface area contributed by atoms with Crippen molar-refractivity contribution in [3.63, 3.8) is 0 Å². The molecule has 1 saturated heterocycles. The Balaban J connectivity index is 1.66. The van der Waals surface area contributed by atoms with E-state index < -0.39 is 5.97 Å². The molecule has 0 aromatic heterocycles. The first-order valence-electron chi connectivity index (χ1n) is 9.32. The van der Waals surface area contributed by atoms with Crippen molar-refractivity contribution in [2.45, 2.75) is 12.8 Å². The molecular weight excluding hydrogens is 364 g/mol. The first kappa shape index (κ1) is 20.0. The van der Waals surface area contributed by atoms with Gasteiger partial charge in [0, 0.05) is 18.7 Å². The van der Waals surface area contributed by atoms with Crippen molar-refractivity contribution < 1.29 is 23.4 Å². The predicted molar refractivity (Wildman–Crippen MR) is 103 cm³/mol. The third-order valence-electron chi connectivity index (χ3n) is 4.89. The van der Waals surface area contributed by atoms with Crippen LogP contribution in [0.25, 0.3) is 5.57 Å². The van der Waals surface area contributed by atoms with Gasteiger partial charge in [0.15, 0.2) is 0 Å². The van der Waals surface area contributed by atoms with E-state index in [2.05, 4.69) is 4.90 Å². The van der Waals surface area contributed by atoms with Crippen molar-refractivity contribution in [1.29, 1.82) is 0 Å². The Labute approximate surface area is 163 Å². The largest absolute Gasteiger partial charge is 0.499 e. The molecular formula is C22H23F2NO3. The zero-order valence-electron chi connectivity index (χ0n) is 15.5. The summed E-state index contributed by atoms with van der Waals surface area (Å²) in [5.74, 6) is -1.74. The van der Waals surface area contributed by atoms with E-state index in [1.807, 2.05) is 0 Å². The van der Waals surface area contributed by atoms with Crippen molar-refractivity contribution in [2.24, 2.45) is 5.92 Å². The molecule has 0 radical (unpaired) electrons. The summed E-state index contributed by atoms with van der Waals surface area (Å²) in [5.41, 5.74) is 2.25. The van der Waals surface area contributed by atoms with E-state index >= 15 is 0 Å². The summed E-state index contributed by atoms with van der Waals surface area (Å²) in [4.78, 5) is 13.2. The number of carboxylic acids is 1. The number of hydrogen-bond donors (Lipinski definition) is 1. The Morgan fingerprint density at radius 3 is 2.18 bits per heavy atom. The minimum Gasteiger partial charge on any atom is -0.499 e. The summed E-state index contributed by atoms with van der Waals surface area (Å²) >= 11 is 0. The fourth-order valence-corrected chi connectivity index (χ4v) is 3.35. The van der Waals surface area contributed by atoms with Gasteiger partial charge in [-0.1, -0.05) is 24.3 Å². The predicted octanol–water partition coefficient (Wildman–Crippen LogP) is 4.17. The van der Waals surface area contributed by atoms with Crippen LogP contribution >= 0.6 is 0 Å². The van der Waals surface area contributed by atoms with Crippen molar-refractivity contribution in [2.75, 3.05) is 26.2 Å². The number of nitrogens with zero attached hydrogens (tertiary/aromatic N) is 1. The first-order valence-corrected chi connectivity index (χ1v) is 9.32. The van der Waals surface area contributed by atoms with Crippen LogP contribution in [0.4, 0.5) is 8.78 Å². The van der Waals surface area contributed by atoms with Crippen LogP contribution in [0.2, 0.25) is 0 Å². The molecule has 0 saturated carbocycles. The highest BCUT2D eigenvalue weighted by molar-refractivity contribution is 5.79.